The number of quaternary nitrogens is 1. The quantitative estimate of drug-likeness (QED) is 0.135. The monoisotopic (exact) mass is 484 g/mol. The van der Waals surface area contributed by atoms with Crippen LogP contribution in [-0.2, 0) is 14.3 Å². The number of rotatable bonds is 8. The highest BCUT2D eigenvalue weighted by atomic mass is 16.6. The number of nitro benzene ring substituents is 1. The molecule has 1 aliphatic heterocycles. The molecule has 1 aliphatic rings. The van der Waals surface area contributed by atoms with Gasteiger partial charge in [0, 0.05) is 23.4 Å². The average molecular weight is 485 g/mol. The van der Waals surface area contributed by atoms with E-state index in [4.69, 9.17) is 4.74 Å². The molecule has 3 rings (SSSR count). The van der Waals surface area contributed by atoms with Crippen LogP contribution in [-0.4, -0.2) is 66.3 Å². The van der Waals surface area contributed by atoms with Gasteiger partial charge in [-0.1, -0.05) is 17.9 Å². The number of amides is 1. The van der Waals surface area contributed by atoms with Crippen molar-refractivity contribution in [2.75, 3.05) is 33.8 Å². The van der Waals surface area contributed by atoms with Crippen LogP contribution in [0.3, 0.4) is 0 Å². The number of aromatic nitrogens is 1. The smallest absolute Gasteiger partial charge is 0.355 e. The number of carbonyl (C=O) groups excluding carboxylic acids is 3. The van der Waals surface area contributed by atoms with Crippen molar-refractivity contribution in [1.29, 1.82) is 0 Å². The number of benzene rings is 1. The average Bonchev–Trinajstić information content (AvgIpc) is 3.24. The molecule has 0 aliphatic carbocycles. The lowest BCUT2D eigenvalue weighted by Crippen LogP contribution is -3.06. The van der Waals surface area contributed by atoms with Crippen molar-refractivity contribution in [3.63, 3.8) is 0 Å². The van der Waals surface area contributed by atoms with E-state index in [1.54, 1.807) is 26.8 Å². The van der Waals surface area contributed by atoms with Crippen LogP contribution in [0.4, 0.5) is 5.69 Å². The number of nitro groups is 1. The van der Waals surface area contributed by atoms with Crippen molar-refractivity contribution in [3.8, 4) is 0 Å². The first-order chi connectivity index (χ1) is 16.5. The van der Waals surface area contributed by atoms with E-state index in [1.165, 1.54) is 23.1 Å². The normalized spacial score (nSPS) is 17.3. The summed E-state index contributed by atoms with van der Waals surface area (Å²) in [6.07, 6.45) is 0. The van der Waals surface area contributed by atoms with Crippen molar-refractivity contribution in [1.82, 2.24) is 9.88 Å². The van der Waals surface area contributed by atoms with Gasteiger partial charge in [-0.15, -0.1) is 0 Å². The Hall–Kier alpha value is -3.99. The number of hydrogen-bond acceptors (Lipinski definition) is 7. The number of non-ortho nitro benzene ring substituents is 1. The molecule has 1 amide bonds. The number of aryl methyl sites for hydroxylation is 1. The Morgan fingerprint density at radius 2 is 1.94 bits per heavy atom. The zero-order chi connectivity index (χ0) is 26.0. The lowest BCUT2D eigenvalue weighted by Gasteiger charge is -2.27. The zero-order valence-corrected chi connectivity index (χ0v) is 20.3. The number of ether oxygens (including phenoxy) is 1. The lowest BCUT2D eigenvalue weighted by atomic mass is 9.93. The predicted molar refractivity (Wildman–Crippen MR) is 123 cm³/mol. The van der Waals surface area contributed by atoms with Gasteiger partial charge in [-0.05, 0) is 37.5 Å². The molecule has 0 saturated carbocycles. The van der Waals surface area contributed by atoms with Gasteiger partial charge in [0.25, 0.3) is 11.6 Å². The summed E-state index contributed by atoms with van der Waals surface area (Å²) in [5.41, 5.74) is 0.587. The fourth-order valence-corrected chi connectivity index (χ4v) is 4.23. The van der Waals surface area contributed by atoms with E-state index in [9.17, 15) is 29.6 Å². The number of nitrogens with one attached hydrogen (secondary N) is 2. The molecule has 2 heterocycles. The van der Waals surface area contributed by atoms with Gasteiger partial charge in [0.05, 0.1) is 44.8 Å². The number of ketones is 1. The zero-order valence-electron chi connectivity index (χ0n) is 20.3. The molecule has 2 aromatic rings. The third-order valence-electron chi connectivity index (χ3n) is 5.92. The molecule has 2 N–H and O–H groups in total. The van der Waals surface area contributed by atoms with Crippen LogP contribution in [0, 0.1) is 24.0 Å². The first-order valence-corrected chi connectivity index (χ1v) is 11.2. The standard InChI is InChI=1S/C24H28N4O7/c1-6-35-24(32)19-13(2)17(14(3)25-19)21(29)18-20(15-8-7-9-16(12-15)28(33)34)27(11-10-26(4)5)23(31)22(18)30/h7-9,12,20,25,29H,6,10-11H2,1-5H3. The van der Waals surface area contributed by atoms with Crippen LogP contribution in [0.1, 0.15) is 45.8 Å². The lowest BCUT2D eigenvalue weighted by molar-refractivity contribution is -0.857. The van der Waals surface area contributed by atoms with E-state index in [1.807, 2.05) is 14.1 Å². The molecule has 0 spiro atoms. The fraction of sp³-hybridized carbons (Fsp3) is 0.375. The second-order valence-electron chi connectivity index (χ2n) is 8.63. The van der Waals surface area contributed by atoms with E-state index >= 15 is 0 Å². The molecular formula is C24H28N4O7. The summed E-state index contributed by atoms with van der Waals surface area (Å²) < 4.78 is 5.03. The summed E-state index contributed by atoms with van der Waals surface area (Å²) in [5, 5.41) is 25.1. The molecule has 186 valence electrons. The van der Waals surface area contributed by atoms with Crippen LogP contribution in [0.2, 0.25) is 0 Å². The first kappa shape index (κ1) is 25.6. The SMILES string of the molecule is CCOC(=O)c1[nH]c(C)c(C([O-])=C2C(=O)C(=O)N(CC[NH+](C)C)C2c2cccc([N+](=O)[O-])c2)c1C. The number of nitrogens with zero attached hydrogens (tertiary/aromatic N) is 2. The number of carbonyl (C=O) groups is 3. The van der Waals surface area contributed by atoms with Gasteiger partial charge in [0.2, 0.25) is 5.78 Å². The number of aromatic amines is 1. The molecule has 1 saturated heterocycles. The maximum absolute atomic E-state index is 13.8. The summed E-state index contributed by atoms with van der Waals surface area (Å²) in [5.74, 6) is -3.15. The Morgan fingerprint density at radius 1 is 1.26 bits per heavy atom. The second-order valence-corrected chi connectivity index (χ2v) is 8.63. The third-order valence-corrected chi connectivity index (χ3v) is 5.92. The third kappa shape index (κ3) is 4.80. The van der Waals surface area contributed by atoms with Crippen molar-refractivity contribution in [3.05, 3.63) is 68.0 Å². The second kappa shape index (κ2) is 10.1. The van der Waals surface area contributed by atoms with Gasteiger partial charge in [-0.3, -0.25) is 19.7 Å². The number of H-pyrrole nitrogens is 1. The topological polar surface area (TPSA) is 150 Å². The number of Topliss-reactive ketones (excluding diaryl/α,β-unsaturated/α-hetero) is 1. The number of likely N-dealkylation sites (N-methyl/N-ethyl adjacent to an activating group) is 1. The fourth-order valence-electron chi connectivity index (χ4n) is 4.23. The Balaban J connectivity index is 2.24. The molecular weight excluding hydrogens is 456 g/mol. The molecule has 1 fully saturated rings. The highest BCUT2D eigenvalue weighted by molar-refractivity contribution is 6.46. The maximum atomic E-state index is 13.8. The first-order valence-electron chi connectivity index (χ1n) is 11.2. The summed E-state index contributed by atoms with van der Waals surface area (Å²) in [6, 6.07) is 4.46. The van der Waals surface area contributed by atoms with Crippen LogP contribution in [0.5, 0.6) is 0 Å². The summed E-state index contributed by atoms with van der Waals surface area (Å²) in [6.45, 7) is 5.58. The summed E-state index contributed by atoms with van der Waals surface area (Å²) >= 11 is 0. The number of likely N-dealkylation sites (tertiary alicyclic amines) is 1. The van der Waals surface area contributed by atoms with Gasteiger partial charge < -0.3 is 24.6 Å². The van der Waals surface area contributed by atoms with E-state index in [2.05, 4.69) is 4.98 Å². The number of hydrogen-bond donors (Lipinski definition) is 2. The Kier molecular flexibility index (Phi) is 7.39. The molecule has 1 aromatic carbocycles. The van der Waals surface area contributed by atoms with Crippen molar-refractivity contribution in [2.24, 2.45) is 0 Å². The van der Waals surface area contributed by atoms with E-state index in [-0.39, 0.29) is 41.2 Å². The largest absolute Gasteiger partial charge is 0.872 e. The molecule has 11 heteroatoms. The molecule has 0 radical (unpaired) electrons. The van der Waals surface area contributed by atoms with Gasteiger partial charge in [-0.25, -0.2) is 4.79 Å². The number of esters is 1. The van der Waals surface area contributed by atoms with Crippen LogP contribution < -0.4 is 10.0 Å². The van der Waals surface area contributed by atoms with Gasteiger partial charge in [0.15, 0.2) is 0 Å². The Bertz CT molecular complexity index is 1230. The maximum Gasteiger partial charge on any atom is 0.355 e. The van der Waals surface area contributed by atoms with Crippen LogP contribution in [0.25, 0.3) is 5.76 Å². The molecule has 0 bridgehead atoms. The van der Waals surface area contributed by atoms with Crippen molar-refractivity contribution < 1.29 is 34.1 Å². The van der Waals surface area contributed by atoms with E-state index in [0.29, 0.717) is 17.8 Å². The minimum Gasteiger partial charge on any atom is -0.872 e. The van der Waals surface area contributed by atoms with Crippen molar-refractivity contribution in [2.45, 2.75) is 26.8 Å². The van der Waals surface area contributed by atoms with E-state index < -0.39 is 34.4 Å². The van der Waals surface area contributed by atoms with Gasteiger partial charge >= 0.3 is 5.97 Å². The highest BCUT2D eigenvalue weighted by Gasteiger charge is 2.45. The molecule has 1 aromatic heterocycles. The Labute approximate surface area is 202 Å². The molecule has 1 unspecified atom stereocenters. The predicted octanol–water partition coefficient (Wildman–Crippen LogP) is 0.0849. The minimum absolute atomic E-state index is 0.0880. The van der Waals surface area contributed by atoms with E-state index in [0.717, 1.165) is 4.90 Å². The molecule has 11 nitrogen and oxygen atoms in total. The molecule has 1 atom stereocenters. The van der Waals surface area contributed by atoms with Gasteiger partial charge in [-0.2, -0.15) is 0 Å². The highest BCUT2D eigenvalue weighted by Crippen LogP contribution is 2.40. The van der Waals surface area contributed by atoms with Crippen molar-refractivity contribution >= 4 is 29.1 Å². The summed E-state index contributed by atoms with van der Waals surface area (Å²) in [4.78, 5) is 54.4. The Morgan fingerprint density at radius 3 is 2.54 bits per heavy atom. The summed E-state index contributed by atoms with van der Waals surface area (Å²) in [7, 11) is 3.76. The van der Waals surface area contributed by atoms with Crippen LogP contribution >= 0.6 is 0 Å². The molecule has 35 heavy (non-hydrogen) atoms. The van der Waals surface area contributed by atoms with Crippen LogP contribution in [0.15, 0.2) is 29.8 Å². The van der Waals surface area contributed by atoms with Gasteiger partial charge in [0.1, 0.15) is 5.69 Å². The minimum atomic E-state index is -1.10.